The summed E-state index contributed by atoms with van der Waals surface area (Å²) in [6.45, 7) is 0. The van der Waals surface area contributed by atoms with Gasteiger partial charge >= 0.3 is 0 Å². The van der Waals surface area contributed by atoms with E-state index in [2.05, 4.69) is 5.38 Å². The molecule has 0 unspecified atom stereocenters. The van der Waals surface area contributed by atoms with Crippen molar-refractivity contribution in [2.45, 2.75) is 18.9 Å². The number of hydrogen-bond donors (Lipinski definition) is 0. The predicted octanol–water partition coefficient (Wildman–Crippen LogP) is 4.18. The van der Waals surface area contributed by atoms with E-state index in [-0.39, 0.29) is 0 Å². The van der Waals surface area contributed by atoms with E-state index in [1.165, 1.54) is 0 Å². The third-order valence-corrected chi connectivity index (χ3v) is 5.18. The summed E-state index contributed by atoms with van der Waals surface area (Å²) >= 11 is 1.62. The highest BCUT2D eigenvalue weighted by Crippen LogP contribution is 2.25. The summed E-state index contributed by atoms with van der Waals surface area (Å²) in [6.07, 6.45) is 4.18. The number of hydrogen-bond acceptors (Lipinski definition) is 5. The quantitative estimate of drug-likeness (QED) is 0.603. The molecule has 1 aromatic heterocycles. The van der Waals surface area contributed by atoms with Gasteiger partial charge in [0.2, 0.25) is 4.80 Å². The van der Waals surface area contributed by atoms with E-state index in [4.69, 9.17) is 19.6 Å². The lowest BCUT2D eigenvalue weighted by Gasteiger charge is -2.05. The van der Waals surface area contributed by atoms with Crippen molar-refractivity contribution in [2.24, 2.45) is 10.1 Å². The van der Waals surface area contributed by atoms with Crippen LogP contribution >= 0.6 is 11.3 Å². The second kappa shape index (κ2) is 7.80. The van der Waals surface area contributed by atoms with E-state index >= 15 is 0 Å². The second-order valence-electron chi connectivity index (χ2n) is 6.32. The molecule has 0 atom stereocenters. The maximum atomic E-state index is 5.26. The molecule has 5 nitrogen and oxygen atoms in total. The van der Waals surface area contributed by atoms with Gasteiger partial charge in [0.1, 0.15) is 11.5 Å². The number of aromatic nitrogens is 1. The van der Waals surface area contributed by atoms with Gasteiger partial charge in [0, 0.05) is 10.9 Å². The number of thiazole rings is 1. The van der Waals surface area contributed by atoms with Crippen LogP contribution in [-0.2, 0) is 0 Å². The normalized spacial score (nSPS) is 14.7. The molecule has 0 bridgehead atoms. The van der Waals surface area contributed by atoms with E-state index in [0.717, 1.165) is 46.0 Å². The fourth-order valence-electron chi connectivity index (χ4n) is 2.63. The first kappa shape index (κ1) is 17.5. The highest BCUT2D eigenvalue weighted by Gasteiger charge is 2.20. The molecular formula is C21H21N3O2S. The number of benzene rings is 2. The molecule has 138 valence electrons. The van der Waals surface area contributed by atoms with Crippen LogP contribution in [0.1, 0.15) is 18.4 Å². The zero-order chi connectivity index (χ0) is 18.6. The molecule has 27 heavy (non-hydrogen) atoms. The molecule has 0 saturated heterocycles. The van der Waals surface area contributed by atoms with E-state index in [1.807, 2.05) is 59.4 Å². The van der Waals surface area contributed by atoms with Gasteiger partial charge < -0.3 is 9.47 Å². The zero-order valence-corrected chi connectivity index (χ0v) is 16.1. The molecule has 1 aliphatic carbocycles. The molecular weight excluding hydrogens is 358 g/mol. The highest BCUT2D eigenvalue weighted by atomic mass is 32.1. The molecule has 0 amide bonds. The van der Waals surface area contributed by atoms with Gasteiger partial charge in [0.25, 0.3) is 0 Å². The Kier molecular flexibility index (Phi) is 5.07. The smallest absolute Gasteiger partial charge is 0.206 e. The van der Waals surface area contributed by atoms with Crippen molar-refractivity contribution in [3.63, 3.8) is 0 Å². The number of methoxy groups -OCH3 is 2. The summed E-state index contributed by atoms with van der Waals surface area (Å²) in [4.78, 5) is 5.74. The van der Waals surface area contributed by atoms with Crippen LogP contribution in [0.2, 0.25) is 0 Å². The van der Waals surface area contributed by atoms with Crippen molar-refractivity contribution in [2.75, 3.05) is 14.2 Å². The van der Waals surface area contributed by atoms with Gasteiger partial charge in [0.15, 0.2) is 0 Å². The first-order valence-electron chi connectivity index (χ1n) is 8.84. The van der Waals surface area contributed by atoms with E-state index in [1.54, 1.807) is 25.6 Å². The van der Waals surface area contributed by atoms with Crippen LogP contribution in [0.3, 0.4) is 0 Å². The van der Waals surface area contributed by atoms with Crippen molar-refractivity contribution in [3.05, 3.63) is 64.3 Å². The Morgan fingerprint density at radius 1 is 0.963 bits per heavy atom. The van der Waals surface area contributed by atoms with E-state index in [9.17, 15) is 0 Å². The van der Waals surface area contributed by atoms with Crippen LogP contribution in [0, 0.1) is 0 Å². The van der Waals surface area contributed by atoms with Crippen LogP contribution in [0.5, 0.6) is 11.5 Å². The summed E-state index contributed by atoms with van der Waals surface area (Å²) in [5.74, 6) is 1.67. The van der Waals surface area contributed by atoms with Crippen molar-refractivity contribution < 1.29 is 9.47 Å². The SMILES string of the molecule is COc1ccc(/C=N/n2c(-c3ccc(OC)cc3)csc2=NC2CC2)cc1. The topological polar surface area (TPSA) is 48.1 Å². The van der Waals surface area contributed by atoms with Crippen LogP contribution in [-0.4, -0.2) is 31.2 Å². The minimum atomic E-state index is 0.440. The van der Waals surface area contributed by atoms with Crippen LogP contribution in [0.15, 0.2) is 64.0 Å². The van der Waals surface area contributed by atoms with Gasteiger partial charge in [-0.1, -0.05) is 0 Å². The second-order valence-corrected chi connectivity index (χ2v) is 7.16. The summed E-state index contributed by atoms with van der Waals surface area (Å²) in [5, 5.41) is 6.83. The minimum absolute atomic E-state index is 0.440. The Hall–Kier alpha value is -2.86. The van der Waals surface area contributed by atoms with Crippen molar-refractivity contribution >= 4 is 17.6 Å². The number of ether oxygens (including phenoxy) is 2. The maximum absolute atomic E-state index is 5.26. The molecule has 1 saturated carbocycles. The first-order chi connectivity index (χ1) is 13.3. The Morgan fingerprint density at radius 2 is 1.59 bits per heavy atom. The van der Waals surface area contributed by atoms with Crippen molar-refractivity contribution in [1.82, 2.24) is 4.68 Å². The maximum Gasteiger partial charge on any atom is 0.206 e. The molecule has 0 radical (unpaired) electrons. The van der Waals surface area contributed by atoms with Gasteiger partial charge in [-0.25, -0.2) is 4.68 Å². The Balaban J connectivity index is 1.71. The minimum Gasteiger partial charge on any atom is -0.497 e. The molecule has 3 aromatic rings. The standard InChI is InChI=1S/C21H21N3O2S/c1-25-18-9-3-15(4-10-18)13-22-24-20(14-27-21(24)23-17-7-8-17)16-5-11-19(26-2)12-6-16/h3-6,9-14,17H,7-8H2,1-2H3/b22-13+,23-21?. The molecule has 1 aliphatic rings. The Morgan fingerprint density at radius 3 is 2.19 bits per heavy atom. The van der Waals surface area contributed by atoms with Gasteiger partial charge in [-0.3, -0.25) is 4.99 Å². The Labute approximate surface area is 162 Å². The third kappa shape index (κ3) is 4.11. The number of nitrogens with zero attached hydrogens (tertiary/aromatic N) is 3. The van der Waals surface area contributed by atoms with Crippen LogP contribution < -0.4 is 14.3 Å². The van der Waals surface area contributed by atoms with Crippen molar-refractivity contribution in [3.8, 4) is 22.8 Å². The first-order valence-corrected chi connectivity index (χ1v) is 9.72. The van der Waals surface area contributed by atoms with E-state index < -0.39 is 0 Å². The van der Waals surface area contributed by atoms with Gasteiger partial charge in [-0.05, 0) is 66.9 Å². The molecule has 4 rings (SSSR count). The average molecular weight is 379 g/mol. The molecule has 1 fully saturated rings. The fraction of sp³-hybridized carbons (Fsp3) is 0.238. The van der Waals surface area contributed by atoms with Crippen molar-refractivity contribution in [1.29, 1.82) is 0 Å². The largest absolute Gasteiger partial charge is 0.497 e. The molecule has 0 N–H and O–H groups in total. The zero-order valence-electron chi connectivity index (χ0n) is 15.3. The lowest BCUT2D eigenvalue weighted by Crippen LogP contribution is -2.13. The lowest BCUT2D eigenvalue weighted by atomic mass is 10.2. The van der Waals surface area contributed by atoms with Crippen LogP contribution in [0.4, 0.5) is 0 Å². The van der Waals surface area contributed by atoms with Crippen LogP contribution in [0.25, 0.3) is 11.3 Å². The molecule has 2 aromatic carbocycles. The monoisotopic (exact) mass is 379 g/mol. The third-order valence-electron chi connectivity index (χ3n) is 4.35. The van der Waals surface area contributed by atoms with Gasteiger partial charge in [-0.2, -0.15) is 5.10 Å². The van der Waals surface area contributed by atoms with Gasteiger partial charge in [-0.15, -0.1) is 11.3 Å². The summed E-state index contributed by atoms with van der Waals surface area (Å²) in [7, 11) is 3.34. The van der Waals surface area contributed by atoms with E-state index in [0.29, 0.717) is 6.04 Å². The molecule has 6 heteroatoms. The summed E-state index contributed by atoms with van der Waals surface area (Å²) in [5.41, 5.74) is 3.11. The summed E-state index contributed by atoms with van der Waals surface area (Å²) in [6, 6.07) is 16.3. The fourth-order valence-corrected chi connectivity index (χ4v) is 3.54. The molecule has 1 heterocycles. The average Bonchev–Trinajstić information content (AvgIpc) is 3.45. The lowest BCUT2D eigenvalue weighted by molar-refractivity contribution is 0.414. The van der Waals surface area contributed by atoms with Gasteiger partial charge in [0.05, 0.1) is 32.2 Å². The summed E-state index contributed by atoms with van der Waals surface area (Å²) < 4.78 is 12.4. The molecule has 0 aliphatic heterocycles. The molecule has 0 spiro atoms. The Bertz CT molecular complexity index is 997. The predicted molar refractivity (Wildman–Crippen MR) is 109 cm³/mol. The number of rotatable bonds is 6. The highest BCUT2D eigenvalue weighted by molar-refractivity contribution is 7.07.